The minimum absolute atomic E-state index is 0.0458. The maximum atomic E-state index is 13.0. The molecule has 5 heteroatoms. The largest absolute Gasteiger partial charge is 0.376 e. The maximum absolute atomic E-state index is 13.0. The Morgan fingerprint density at radius 3 is 2.76 bits per heavy atom. The van der Waals surface area contributed by atoms with Crippen LogP contribution in [0, 0.1) is 11.6 Å². The minimum atomic E-state index is -0.926. The van der Waals surface area contributed by atoms with Crippen molar-refractivity contribution in [2.45, 2.75) is 32.1 Å². The van der Waals surface area contributed by atoms with E-state index in [9.17, 15) is 13.6 Å². The fourth-order valence-corrected chi connectivity index (χ4v) is 2.35. The Kier molecular flexibility index (Phi) is 5.72. The molecule has 1 aliphatic rings. The molecule has 0 radical (unpaired) electrons. The van der Waals surface area contributed by atoms with Crippen molar-refractivity contribution >= 4 is 11.6 Å². The highest BCUT2D eigenvalue weighted by Gasteiger charge is 2.06. The minimum Gasteiger partial charge on any atom is -0.376 e. The van der Waals surface area contributed by atoms with E-state index in [0.717, 1.165) is 31.4 Å². The van der Waals surface area contributed by atoms with Gasteiger partial charge in [0, 0.05) is 18.3 Å². The second-order valence-corrected chi connectivity index (χ2v) is 5.19. The van der Waals surface area contributed by atoms with Crippen LogP contribution < -0.4 is 10.6 Å². The quantitative estimate of drug-likeness (QED) is 0.790. The van der Waals surface area contributed by atoms with Gasteiger partial charge in [0.05, 0.1) is 6.54 Å². The van der Waals surface area contributed by atoms with Crippen LogP contribution in [0.15, 0.2) is 29.8 Å². The van der Waals surface area contributed by atoms with E-state index < -0.39 is 11.6 Å². The van der Waals surface area contributed by atoms with Gasteiger partial charge in [-0.05, 0) is 44.2 Å². The second-order valence-electron chi connectivity index (χ2n) is 5.19. The van der Waals surface area contributed by atoms with Gasteiger partial charge in [0.15, 0.2) is 11.6 Å². The summed E-state index contributed by atoms with van der Waals surface area (Å²) in [6.07, 6.45) is 7.90. The van der Waals surface area contributed by atoms with Crippen LogP contribution >= 0.6 is 0 Å². The van der Waals surface area contributed by atoms with E-state index in [0.29, 0.717) is 12.2 Å². The average Bonchev–Trinajstić information content (AvgIpc) is 2.49. The van der Waals surface area contributed by atoms with E-state index in [1.54, 1.807) is 0 Å². The number of hydrogen-bond donors (Lipinski definition) is 2. The molecule has 21 heavy (non-hydrogen) atoms. The summed E-state index contributed by atoms with van der Waals surface area (Å²) in [7, 11) is 0. The SMILES string of the molecule is O=C(CNc1ccc(F)c(F)c1)NCCC1=CCCCC1. The molecule has 2 N–H and O–H groups in total. The molecule has 0 aliphatic heterocycles. The molecule has 0 saturated carbocycles. The molecule has 3 nitrogen and oxygen atoms in total. The molecule has 114 valence electrons. The lowest BCUT2D eigenvalue weighted by atomic mass is 9.97. The van der Waals surface area contributed by atoms with Gasteiger partial charge in [0.1, 0.15) is 0 Å². The van der Waals surface area contributed by atoms with Gasteiger partial charge in [0.25, 0.3) is 0 Å². The zero-order valence-electron chi connectivity index (χ0n) is 11.9. The molecule has 0 spiro atoms. The lowest BCUT2D eigenvalue weighted by Gasteiger charge is -2.13. The summed E-state index contributed by atoms with van der Waals surface area (Å²) in [4.78, 5) is 11.6. The van der Waals surface area contributed by atoms with Crippen LogP contribution in [0.5, 0.6) is 0 Å². The van der Waals surface area contributed by atoms with Gasteiger partial charge >= 0.3 is 0 Å². The fourth-order valence-electron chi connectivity index (χ4n) is 2.35. The Balaban J connectivity index is 1.67. The summed E-state index contributed by atoms with van der Waals surface area (Å²) < 4.78 is 25.7. The molecule has 2 rings (SSSR count). The molecule has 0 fully saturated rings. The van der Waals surface area contributed by atoms with E-state index >= 15 is 0 Å². The van der Waals surface area contributed by atoms with E-state index in [1.165, 1.54) is 24.5 Å². The summed E-state index contributed by atoms with van der Waals surface area (Å²) in [6, 6.07) is 3.47. The van der Waals surface area contributed by atoms with Crippen molar-refractivity contribution in [1.82, 2.24) is 5.32 Å². The molecule has 1 aromatic rings. The fraction of sp³-hybridized carbons (Fsp3) is 0.438. The van der Waals surface area contributed by atoms with Crippen LogP contribution in [0.25, 0.3) is 0 Å². The van der Waals surface area contributed by atoms with Crippen LogP contribution in [0.1, 0.15) is 32.1 Å². The molecule has 1 amide bonds. The lowest BCUT2D eigenvalue weighted by Crippen LogP contribution is -2.30. The first-order valence-corrected chi connectivity index (χ1v) is 7.28. The number of benzene rings is 1. The Hall–Kier alpha value is -1.91. The molecular formula is C16H20F2N2O. The number of carbonyl (C=O) groups excluding carboxylic acids is 1. The van der Waals surface area contributed by atoms with Gasteiger partial charge in [-0.15, -0.1) is 0 Å². The molecule has 1 aromatic carbocycles. The molecule has 0 unspecified atom stereocenters. The molecule has 0 atom stereocenters. The normalized spacial score (nSPS) is 14.5. The van der Waals surface area contributed by atoms with Gasteiger partial charge in [-0.3, -0.25) is 4.79 Å². The molecule has 1 aliphatic carbocycles. The molecule has 0 heterocycles. The van der Waals surface area contributed by atoms with Crippen molar-refractivity contribution in [2.24, 2.45) is 0 Å². The Morgan fingerprint density at radius 2 is 2.05 bits per heavy atom. The van der Waals surface area contributed by atoms with Crippen molar-refractivity contribution < 1.29 is 13.6 Å². The van der Waals surface area contributed by atoms with Crippen LogP contribution in [0.2, 0.25) is 0 Å². The first-order chi connectivity index (χ1) is 10.1. The molecule has 0 aromatic heterocycles. The summed E-state index contributed by atoms with van der Waals surface area (Å²) in [5.74, 6) is -1.98. The molecular weight excluding hydrogens is 274 g/mol. The zero-order chi connectivity index (χ0) is 15.1. The summed E-state index contributed by atoms with van der Waals surface area (Å²) in [5, 5.41) is 5.58. The molecule has 0 bridgehead atoms. The number of hydrogen-bond acceptors (Lipinski definition) is 2. The third-order valence-electron chi connectivity index (χ3n) is 3.53. The van der Waals surface area contributed by atoms with Crippen molar-refractivity contribution in [1.29, 1.82) is 0 Å². The second kappa shape index (κ2) is 7.76. The third kappa shape index (κ3) is 5.17. The highest BCUT2D eigenvalue weighted by Crippen LogP contribution is 2.19. The van der Waals surface area contributed by atoms with Gasteiger partial charge < -0.3 is 10.6 Å². The van der Waals surface area contributed by atoms with Crippen molar-refractivity contribution in [3.63, 3.8) is 0 Å². The van der Waals surface area contributed by atoms with E-state index in [4.69, 9.17) is 0 Å². The monoisotopic (exact) mass is 294 g/mol. The Labute approximate surface area is 123 Å². The third-order valence-corrected chi connectivity index (χ3v) is 3.53. The standard InChI is InChI=1S/C16H20F2N2O/c17-14-7-6-13(10-15(14)18)20-11-16(21)19-9-8-12-4-2-1-3-5-12/h4,6-7,10,20H,1-3,5,8-9,11H2,(H,19,21). The van der Waals surface area contributed by atoms with Crippen LogP contribution in [-0.4, -0.2) is 19.0 Å². The van der Waals surface area contributed by atoms with Crippen LogP contribution in [0.4, 0.5) is 14.5 Å². The van der Waals surface area contributed by atoms with E-state index in [1.807, 2.05) is 0 Å². The summed E-state index contributed by atoms with van der Waals surface area (Å²) in [6.45, 7) is 0.661. The first-order valence-electron chi connectivity index (χ1n) is 7.28. The summed E-state index contributed by atoms with van der Waals surface area (Å²) >= 11 is 0. The smallest absolute Gasteiger partial charge is 0.239 e. The maximum Gasteiger partial charge on any atom is 0.239 e. The number of rotatable bonds is 6. The van der Waals surface area contributed by atoms with Gasteiger partial charge in [-0.1, -0.05) is 11.6 Å². The Morgan fingerprint density at radius 1 is 1.19 bits per heavy atom. The topological polar surface area (TPSA) is 41.1 Å². The van der Waals surface area contributed by atoms with Crippen LogP contribution in [0.3, 0.4) is 0 Å². The number of halogens is 2. The highest BCUT2D eigenvalue weighted by atomic mass is 19.2. The Bertz CT molecular complexity index is 529. The highest BCUT2D eigenvalue weighted by molar-refractivity contribution is 5.80. The van der Waals surface area contributed by atoms with Crippen molar-refractivity contribution in [3.05, 3.63) is 41.5 Å². The number of allylic oxidation sites excluding steroid dienone is 1. The predicted octanol–water partition coefficient (Wildman–Crippen LogP) is 3.38. The van der Waals surface area contributed by atoms with E-state index in [-0.39, 0.29) is 12.5 Å². The number of amides is 1. The van der Waals surface area contributed by atoms with Crippen molar-refractivity contribution in [3.8, 4) is 0 Å². The van der Waals surface area contributed by atoms with Gasteiger partial charge in [-0.25, -0.2) is 8.78 Å². The number of nitrogens with one attached hydrogen (secondary N) is 2. The molecule has 0 saturated heterocycles. The lowest BCUT2D eigenvalue weighted by molar-refractivity contribution is -0.119. The van der Waals surface area contributed by atoms with Gasteiger partial charge in [-0.2, -0.15) is 0 Å². The average molecular weight is 294 g/mol. The first kappa shape index (κ1) is 15.5. The predicted molar refractivity (Wildman–Crippen MR) is 79.0 cm³/mol. The van der Waals surface area contributed by atoms with E-state index in [2.05, 4.69) is 16.7 Å². The summed E-state index contributed by atoms with van der Waals surface area (Å²) in [5.41, 5.74) is 1.80. The van der Waals surface area contributed by atoms with Gasteiger partial charge in [0.2, 0.25) is 5.91 Å². The zero-order valence-corrected chi connectivity index (χ0v) is 11.9. The van der Waals surface area contributed by atoms with Crippen LogP contribution in [-0.2, 0) is 4.79 Å². The number of anilines is 1. The number of carbonyl (C=O) groups is 1. The van der Waals surface area contributed by atoms with Crippen molar-refractivity contribution in [2.75, 3.05) is 18.4 Å².